The van der Waals surface area contributed by atoms with Gasteiger partial charge < -0.3 is 0 Å². The minimum absolute atomic E-state index is 0.0741. The van der Waals surface area contributed by atoms with Crippen molar-refractivity contribution in [3.63, 3.8) is 0 Å². The van der Waals surface area contributed by atoms with E-state index in [-0.39, 0.29) is 22.6 Å². The minimum Gasteiger partial charge on any atom is -0.292 e. The molecule has 0 aliphatic carbocycles. The molecule has 0 amide bonds. The Kier molecular flexibility index (Phi) is 5.29. The molecule has 0 aromatic heterocycles. The lowest BCUT2D eigenvalue weighted by molar-refractivity contribution is 0.0812. The minimum atomic E-state index is -3.41. The van der Waals surface area contributed by atoms with E-state index in [1.54, 1.807) is 0 Å². The predicted octanol–water partition coefficient (Wildman–Crippen LogP) is 4.32. The molecule has 1 heterocycles. The van der Waals surface area contributed by atoms with Crippen LogP contribution in [-0.4, -0.2) is 32.2 Å². The number of sulfone groups is 1. The summed E-state index contributed by atoms with van der Waals surface area (Å²) in [6.45, 7) is 1.43. The molecule has 3 aromatic rings. The van der Waals surface area contributed by atoms with Crippen molar-refractivity contribution in [2.24, 2.45) is 5.92 Å². The molecule has 144 valence electrons. The Morgan fingerprint density at radius 2 is 1.32 bits per heavy atom. The number of nitrogens with zero attached hydrogens (tertiary/aromatic N) is 1. The SMILES string of the molecule is O=S(=O)(CC1CN(C(c2ccccc2)c2ccccc2)C1)c1ccc(F)cc1. The van der Waals surface area contributed by atoms with Gasteiger partial charge in [0, 0.05) is 13.1 Å². The van der Waals surface area contributed by atoms with Crippen LogP contribution in [0.25, 0.3) is 0 Å². The van der Waals surface area contributed by atoms with Crippen molar-refractivity contribution >= 4 is 9.84 Å². The lowest BCUT2D eigenvalue weighted by Crippen LogP contribution is -2.51. The van der Waals surface area contributed by atoms with Crippen LogP contribution in [0.1, 0.15) is 17.2 Å². The van der Waals surface area contributed by atoms with Crippen LogP contribution in [0, 0.1) is 11.7 Å². The van der Waals surface area contributed by atoms with Gasteiger partial charge in [0.05, 0.1) is 16.7 Å². The lowest BCUT2D eigenvalue weighted by atomic mass is 9.91. The number of hydrogen-bond donors (Lipinski definition) is 0. The lowest BCUT2D eigenvalue weighted by Gasteiger charge is -2.44. The Bertz CT molecular complexity index is 976. The van der Waals surface area contributed by atoms with Gasteiger partial charge in [0.1, 0.15) is 5.82 Å². The van der Waals surface area contributed by atoms with Gasteiger partial charge in [-0.2, -0.15) is 0 Å². The molecule has 3 aromatic carbocycles. The van der Waals surface area contributed by atoms with Crippen molar-refractivity contribution in [2.45, 2.75) is 10.9 Å². The van der Waals surface area contributed by atoms with E-state index in [2.05, 4.69) is 29.2 Å². The van der Waals surface area contributed by atoms with E-state index < -0.39 is 15.7 Å². The average molecular weight is 395 g/mol. The van der Waals surface area contributed by atoms with Crippen molar-refractivity contribution in [3.05, 3.63) is 102 Å². The second-order valence-corrected chi connectivity index (χ2v) is 9.31. The third-order valence-corrected chi connectivity index (χ3v) is 7.11. The first kappa shape index (κ1) is 18.8. The van der Waals surface area contributed by atoms with Gasteiger partial charge in [0.2, 0.25) is 0 Å². The second kappa shape index (κ2) is 7.86. The number of likely N-dealkylation sites (tertiary alicyclic amines) is 1. The maximum atomic E-state index is 13.1. The van der Waals surface area contributed by atoms with Crippen molar-refractivity contribution in [2.75, 3.05) is 18.8 Å². The van der Waals surface area contributed by atoms with Crippen LogP contribution >= 0.6 is 0 Å². The molecule has 0 saturated carbocycles. The summed E-state index contributed by atoms with van der Waals surface area (Å²) in [5.41, 5.74) is 2.40. The smallest absolute Gasteiger partial charge is 0.178 e. The standard InChI is InChI=1S/C23H22FNO2S/c24-21-11-13-22(14-12-21)28(26,27)17-18-15-25(16-18)23(19-7-3-1-4-8-19)20-9-5-2-6-10-20/h1-14,18,23H,15-17H2. The molecular formula is C23H22FNO2S. The molecule has 0 radical (unpaired) electrons. The Morgan fingerprint density at radius 1 is 0.821 bits per heavy atom. The van der Waals surface area contributed by atoms with E-state index in [9.17, 15) is 12.8 Å². The quantitative estimate of drug-likeness (QED) is 0.584. The fourth-order valence-electron chi connectivity index (χ4n) is 3.86. The summed E-state index contributed by atoms with van der Waals surface area (Å²) < 4.78 is 38.3. The summed E-state index contributed by atoms with van der Waals surface area (Å²) in [5, 5.41) is 0. The van der Waals surface area contributed by atoms with E-state index in [1.165, 1.54) is 35.4 Å². The first-order valence-electron chi connectivity index (χ1n) is 9.35. The van der Waals surface area contributed by atoms with Crippen molar-refractivity contribution in [3.8, 4) is 0 Å². The third kappa shape index (κ3) is 4.01. The highest BCUT2D eigenvalue weighted by Gasteiger charge is 2.36. The highest BCUT2D eigenvalue weighted by Crippen LogP contribution is 2.35. The van der Waals surface area contributed by atoms with Crippen LogP contribution in [0.15, 0.2) is 89.8 Å². The summed E-state index contributed by atoms with van der Waals surface area (Å²) >= 11 is 0. The first-order chi connectivity index (χ1) is 13.5. The summed E-state index contributed by atoms with van der Waals surface area (Å²) in [6.07, 6.45) is 0. The summed E-state index contributed by atoms with van der Waals surface area (Å²) in [4.78, 5) is 2.50. The Balaban J connectivity index is 1.48. The maximum absolute atomic E-state index is 13.1. The summed E-state index contributed by atoms with van der Waals surface area (Å²) in [7, 11) is -3.41. The molecular weight excluding hydrogens is 373 g/mol. The van der Waals surface area contributed by atoms with Gasteiger partial charge in [-0.1, -0.05) is 60.7 Å². The van der Waals surface area contributed by atoms with E-state index in [0.29, 0.717) is 0 Å². The van der Waals surface area contributed by atoms with Gasteiger partial charge >= 0.3 is 0 Å². The van der Waals surface area contributed by atoms with Crippen molar-refractivity contribution in [1.29, 1.82) is 0 Å². The molecule has 3 nitrogen and oxygen atoms in total. The molecule has 5 heteroatoms. The monoisotopic (exact) mass is 395 g/mol. The van der Waals surface area contributed by atoms with E-state index >= 15 is 0 Å². The van der Waals surface area contributed by atoms with Crippen LogP contribution in [0.3, 0.4) is 0 Å². The molecule has 0 atom stereocenters. The normalized spacial score (nSPS) is 15.5. The van der Waals surface area contributed by atoms with Gasteiger partial charge in [-0.3, -0.25) is 4.90 Å². The molecule has 28 heavy (non-hydrogen) atoms. The van der Waals surface area contributed by atoms with Gasteiger partial charge in [-0.05, 0) is 41.3 Å². The fourth-order valence-corrected chi connectivity index (χ4v) is 5.43. The molecule has 0 bridgehead atoms. The molecule has 1 fully saturated rings. The van der Waals surface area contributed by atoms with Crippen molar-refractivity contribution in [1.82, 2.24) is 4.90 Å². The van der Waals surface area contributed by atoms with E-state index in [1.807, 2.05) is 36.4 Å². The van der Waals surface area contributed by atoms with Crippen LogP contribution in [0.2, 0.25) is 0 Å². The Morgan fingerprint density at radius 3 is 1.82 bits per heavy atom. The number of hydrogen-bond acceptors (Lipinski definition) is 3. The van der Waals surface area contributed by atoms with E-state index in [4.69, 9.17) is 0 Å². The first-order valence-corrected chi connectivity index (χ1v) is 11.0. The molecule has 0 N–H and O–H groups in total. The molecule has 1 saturated heterocycles. The number of halogens is 1. The average Bonchev–Trinajstić information content (AvgIpc) is 2.68. The Hall–Kier alpha value is -2.50. The Labute approximate surface area is 165 Å². The highest BCUT2D eigenvalue weighted by atomic mass is 32.2. The van der Waals surface area contributed by atoms with Gasteiger partial charge in [0.25, 0.3) is 0 Å². The second-order valence-electron chi connectivity index (χ2n) is 7.28. The largest absolute Gasteiger partial charge is 0.292 e. The highest BCUT2D eigenvalue weighted by molar-refractivity contribution is 7.91. The zero-order valence-corrected chi connectivity index (χ0v) is 16.2. The summed E-state index contributed by atoms with van der Waals surface area (Å²) in [5.74, 6) is -0.266. The molecule has 1 aliphatic heterocycles. The third-order valence-electron chi connectivity index (χ3n) is 5.21. The molecule has 0 spiro atoms. The summed E-state index contributed by atoms with van der Waals surface area (Å²) in [6, 6.07) is 25.8. The van der Waals surface area contributed by atoms with Gasteiger partial charge in [-0.15, -0.1) is 0 Å². The van der Waals surface area contributed by atoms with Gasteiger partial charge in [-0.25, -0.2) is 12.8 Å². The van der Waals surface area contributed by atoms with Crippen LogP contribution in [0.4, 0.5) is 4.39 Å². The topological polar surface area (TPSA) is 37.4 Å². The zero-order valence-electron chi connectivity index (χ0n) is 15.4. The molecule has 1 aliphatic rings. The van der Waals surface area contributed by atoms with Crippen LogP contribution in [0.5, 0.6) is 0 Å². The molecule has 0 unspecified atom stereocenters. The van der Waals surface area contributed by atoms with Gasteiger partial charge in [0.15, 0.2) is 9.84 Å². The van der Waals surface area contributed by atoms with Crippen molar-refractivity contribution < 1.29 is 12.8 Å². The number of benzene rings is 3. The maximum Gasteiger partial charge on any atom is 0.178 e. The van der Waals surface area contributed by atoms with Crippen LogP contribution in [-0.2, 0) is 9.84 Å². The van der Waals surface area contributed by atoms with E-state index in [0.717, 1.165) is 13.1 Å². The van der Waals surface area contributed by atoms with Crippen LogP contribution < -0.4 is 0 Å². The fraction of sp³-hybridized carbons (Fsp3) is 0.217. The molecule has 4 rings (SSSR count). The zero-order chi connectivity index (χ0) is 19.6. The predicted molar refractivity (Wildman–Crippen MR) is 108 cm³/mol. The number of rotatable bonds is 6.